The Labute approximate surface area is 127 Å². The van der Waals surface area contributed by atoms with Crippen LogP contribution in [0.2, 0.25) is 0 Å². The molecule has 4 heteroatoms. The lowest BCUT2D eigenvalue weighted by Gasteiger charge is -2.26. The summed E-state index contributed by atoms with van der Waals surface area (Å²) in [5.41, 5.74) is 9.60. The highest BCUT2D eigenvalue weighted by molar-refractivity contribution is 5.85. The van der Waals surface area contributed by atoms with E-state index in [0.717, 1.165) is 19.4 Å². The SMILES string of the molecule is Cc1ccc(C2CCCN2C(=O)CC(C)N)cc1C.Cl. The molecule has 112 valence electrons. The average molecular weight is 297 g/mol. The molecular weight excluding hydrogens is 272 g/mol. The van der Waals surface area contributed by atoms with Crippen LogP contribution in [0.25, 0.3) is 0 Å². The number of aryl methyl sites for hydroxylation is 2. The third-order valence-electron chi connectivity index (χ3n) is 3.99. The fourth-order valence-electron chi connectivity index (χ4n) is 2.78. The molecule has 2 atom stereocenters. The monoisotopic (exact) mass is 296 g/mol. The minimum atomic E-state index is -0.0616. The van der Waals surface area contributed by atoms with E-state index in [-0.39, 0.29) is 30.4 Å². The molecule has 1 aromatic carbocycles. The predicted octanol–water partition coefficient (Wildman–Crippen LogP) is 3.13. The minimum absolute atomic E-state index is 0. The molecule has 1 fully saturated rings. The zero-order valence-electron chi connectivity index (χ0n) is 12.6. The van der Waals surface area contributed by atoms with E-state index in [4.69, 9.17) is 5.73 Å². The van der Waals surface area contributed by atoms with Crippen LogP contribution >= 0.6 is 12.4 Å². The lowest BCUT2D eigenvalue weighted by molar-refractivity contribution is -0.132. The van der Waals surface area contributed by atoms with E-state index in [0.29, 0.717) is 6.42 Å². The number of likely N-dealkylation sites (tertiary alicyclic amines) is 1. The van der Waals surface area contributed by atoms with Gasteiger partial charge in [0.05, 0.1) is 6.04 Å². The summed E-state index contributed by atoms with van der Waals surface area (Å²) < 4.78 is 0. The first-order valence-electron chi connectivity index (χ1n) is 7.11. The lowest BCUT2D eigenvalue weighted by Crippen LogP contribution is -2.34. The number of nitrogens with zero attached hydrogens (tertiary/aromatic N) is 1. The van der Waals surface area contributed by atoms with E-state index >= 15 is 0 Å². The maximum atomic E-state index is 12.2. The van der Waals surface area contributed by atoms with Crippen LogP contribution in [-0.4, -0.2) is 23.4 Å². The maximum Gasteiger partial charge on any atom is 0.224 e. The number of amides is 1. The van der Waals surface area contributed by atoms with Gasteiger partial charge < -0.3 is 10.6 Å². The first-order chi connectivity index (χ1) is 8.99. The van der Waals surface area contributed by atoms with Gasteiger partial charge in [-0.15, -0.1) is 12.4 Å². The Balaban J connectivity index is 0.00000200. The number of hydrogen-bond donors (Lipinski definition) is 1. The predicted molar refractivity (Wildman–Crippen MR) is 85.1 cm³/mol. The van der Waals surface area contributed by atoms with Crippen LogP contribution in [0.1, 0.15) is 48.9 Å². The van der Waals surface area contributed by atoms with Gasteiger partial charge >= 0.3 is 0 Å². The van der Waals surface area contributed by atoms with E-state index in [2.05, 4.69) is 32.0 Å². The molecule has 0 aliphatic carbocycles. The normalized spacial score (nSPS) is 19.6. The van der Waals surface area contributed by atoms with Crippen molar-refractivity contribution in [3.05, 3.63) is 34.9 Å². The van der Waals surface area contributed by atoms with Crippen LogP contribution in [0.3, 0.4) is 0 Å². The van der Waals surface area contributed by atoms with Crippen LogP contribution in [-0.2, 0) is 4.79 Å². The van der Waals surface area contributed by atoms with Gasteiger partial charge in [-0.3, -0.25) is 4.79 Å². The maximum absolute atomic E-state index is 12.2. The van der Waals surface area contributed by atoms with Gasteiger partial charge in [0.15, 0.2) is 0 Å². The number of carbonyl (C=O) groups excluding carboxylic acids is 1. The largest absolute Gasteiger partial charge is 0.336 e. The summed E-state index contributed by atoms with van der Waals surface area (Å²) in [5.74, 6) is 0.190. The van der Waals surface area contributed by atoms with Crippen LogP contribution < -0.4 is 5.73 Å². The molecule has 1 amide bonds. The summed E-state index contributed by atoms with van der Waals surface area (Å²) in [6, 6.07) is 6.71. The van der Waals surface area contributed by atoms with Crippen molar-refractivity contribution in [2.24, 2.45) is 5.73 Å². The van der Waals surface area contributed by atoms with Gasteiger partial charge in [0.1, 0.15) is 0 Å². The molecule has 0 spiro atoms. The molecule has 2 unspecified atom stereocenters. The molecule has 3 nitrogen and oxygen atoms in total. The smallest absolute Gasteiger partial charge is 0.224 e. The third-order valence-corrected chi connectivity index (χ3v) is 3.99. The molecule has 0 saturated carbocycles. The molecule has 1 aromatic rings. The van der Waals surface area contributed by atoms with Crippen molar-refractivity contribution in [3.8, 4) is 0 Å². The fraction of sp³-hybridized carbons (Fsp3) is 0.562. The second-order valence-electron chi connectivity index (χ2n) is 5.77. The van der Waals surface area contributed by atoms with Crippen LogP contribution in [0, 0.1) is 13.8 Å². The third kappa shape index (κ3) is 3.74. The highest BCUT2D eigenvalue weighted by Crippen LogP contribution is 2.33. The molecule has 0 radical (unpaired) electrons. The molecule has 0 aromatic heterocycles. The van der Waals surface area contributed by atoms with Gasteiger partial charge in [0.25, 0.3) is 0 Å². The van der Waals surface area contributed by atoms with Gasteiger partial charge in [-0.05, 0) is 50.3 Å². The van der Waals surface area contributed by atoms with Crippen LogP contribution in [0.15, 0.2) is 18.2 Å². The second kappa shape index (κ2) is 7.09. The number of rotatable bonds is 3. The van der Waals surface area contributed by atoms with Crippen molar-refractivity contribution in [3.63, 3.8) is 0 Å². The molecule has 20 heavy (non-hydrogen) atoms. The fourth-order valence-corrected chi connectivity index (χ4v) is 2.78. The van der Waals surface area contributed by atoms with Gasteiger partial charge in [-0.2, -0.15) is 0 Å². The van der Waals surface area contributed by atoms with Gasteiger partial charge in [-0.25, -0.2) is 0 Å². The molecular formula is C16H25ClN2O. The Kier molecular flexibility index (Phi) is 6.03. The number of nitrogens with two attached hydrogens (primary N) is 1. The molecule has 1 aliphatic rings. The quantitative estimate of drug-likeness (QED) is 0.931. The zero-order valence-corrected chi connectivity index (χ0v) is 13.4. The Morgan fingerprint density at radius 2 is 2.10 bits per heavy atom. The first kappa shape index (κ1) is 17.0. The topological polar surface area (TPSA) is 46.3 Å². The van der Waals surface area contributed by atoms with Crippen molar-refractivity contribution in [1.82, 2.24) is 4.90 Å². The summed E-state index contributed by atoms with van der Waals surface area (Å²) in [4.78, 5) is 14.2. The molecule has 1 aliphatic heterocycles. The van der Waals surface area contributed by atoms with Gasteiger partial charge in [0.2, 0.25) is 5.91 Å². The van der Waals surface area contributed by atoms with E-state index < -0.39 is 0 Å². The second-order valence-corrected chi connectivity index (χ2v) is 5.77. The van der Waals surface area contributed by atoms with E-state index in [9.17, 15) is 4.79 Å². The number of carbonyl (C=O) groups is 1. The Bertz CT molecular complexity index is 474. The average Bonchev–Trinajstić information content (AvgIpc) is 2.81. The van der Waals surface area contributed by atoms with Crippen molar-refractivity contribution in [2.45, 2.75) is 52.1 Å². The van der Waals surface area contributed by atoms with Crippen LogP contribution in [0.5, 0.6) is 0 Å². The summed E-state index contributed by atoms with van der Waals surface area (Å²) in [5, 5.41) is 0. The summed E-state index contributed by atoms with van der Waals surface area (Å²) >= 11 is 0. The standard InChI is InChI=1S/C16H24N2O.ClH/c1-11-6-7-14(9-12(11)2)15-5-4-8-18(15)16(19)10-13(3)17;/h6-7,9,13,15H,4-5,8,10,17H2,1-3H3;1H. The summed E-state index contributed by atoms with van der Waals surface area (Å²) in [6.07, 6.45) is 2.59. The molecule has 0 bridgehead atoms. The van der Waals surface area contributed by atoms with E-state index in [1.807, 2.05) is 11.8 Å². The van der Waals surface area contributed by atoms with E-state index in [1.54, 1.807) is 0 Å². The summed E-state index contributed by atoms with van der Waals surface area (Å²) in [7, 11) is 0. The number of benzene rings is 1. The zero-order chi connectivity index (χ0) is 14.0. The van der Waals surface area contributed by atoms with Gasteiger partial charge in [-0.1, -0.05) is 18.2 Å². The molecule has 2 N–H and O–H groups in total. The van der Waals surface area contributed by atoms with Crippen LogP contribution in [0.4, 0.5) is 0 Å². The Morgan fingerprint density at radius 1 is 1.40 bits per heavy atom. The highest BCUT2D eigenvalue weighted by atomic mass is 35.5. The molecule has 1 heterocycles. The molecule has 2 rings (SSSR count). The molecule has 1 saturated heterocycles. The van der Waals surface area contributed by atoms with Gasteiger partial charge in [0, 0.05) is 19.0 Å². The van der Waals surface area contributed by atoms with E-state index in [1.165, 1.54) is 16.7 Å². The van der Waals surface area contributed by atoms with Crippen molar-refractivity contribution in [1.29, 1.82) is 0 Å². The minimum Gasteiger partial charge on any atom is -0.336 e. The number of halogens is 1. The Hall–Kier alpha value is -1.06. The highest BCUT2D eigenvalue weighted by Gasteiger charge is 2.30. The summed E-state index contributed by atoms with van der Waals surface area (Å²) in [6.45, 7) is 7.00. The van der Waals surface area contributed by atoms with Crippen molar-refractivity contribution in [2.75, 3.05) is 6.54 Å². The van der Waals surface area contributed by atoms with Crippen molar-refractivity contribution < 1.29 is 4.79 Å². The Morgan fingerprint density at radius 3 is 2.70 bits per heavy atom. The number of hydrogen-bond acceptors (Lipinski definition) is 2. The lowest BCUT2D eigenvalue weighted by atomic mass is 9.99. The first-order valence-corrected chi connectivity index (χ1v) is 7.11. The van der Waals surface area contributed by atoms with Crippen molar-refractivity contribution >= 4 is 18.3 Å².